The van der Waals surface area contributed by atoms with Gasteiger partial charge in [-0.25, -0.2) is 9.78 Å². The molecule has 4 rings (SSSR count). The summed E-state index contributed by atoms with van der Waals surface area (Å²) in [7, 11) is 1.60. The molecule has 0 radical (unpaired) electrons. The molecule has 1 aliphatic rings. The number of carbonyl (C=O) groups is 1. The molecule has 33 heavy (non-hydrogen) atoms. The molecule has 0 atom stereocenters. The van der Waals surface area contributed by atoms with Gasteiger partial charge in [0.15, 0.2) is 5.82 Å². The van der Waals surface area contributed by atoms with Crippen LogP contribution in [0, 0.1) is 0 Å². The lowest BCUT2D eigenvalue weighted by molar-refractivity contribution is -0.172. The number of rotatable bonds is 7. The van der Waals surface area contributed by atoms with Crippen molar-refractivity contribution in [2.45, 2.75) is 25.0 Å². The van der Waals surface area contributed by atoms with Crippen LogP contribution in [0.1, 0.15) is 18.4 Å². The number of hydrogen-bond donors (Lipinski definition) is 0. The number of methoxy groups -OCH3 is 1. The average Bonchev–Trinajstić information content (AvgIpc) is 2.83. The zero-order valence-corrected chi connectivity index (χ0v) is 19.4. The van der Waals surface area contributed by atoms with Crippen LogP contribution in [-0.4, -0.2) is 41.9 Å². The first-order valence-corrected chi connectivity index (χ1v) is 11.1. The van der Waals surface area contributed by atoms with Gasteiger partial charge in [-0.3, -0.25) is 0 Å². The molecular weight excluding hydrogens is 467 g/mol. The third kappa shape index (κ3) is 5.74. The highest BCUT2D eigenvalue weighted by Crippen LogP contribution is 2.31. The van der Waals surface area contributed by atoms with Crippen LogP contribution in [0.3, 0.4) is 0 Å². The fourth-order valence-electron chi connectivity index (χ4n) is 3.43. The van der Waals surface area contributed by atoms with Crippen LogP contribution in [0.25, 0.3) is 11.4 Å². The van der Waals surface area contributed by atoms with Gasteiger partial charge < -0.3 is 18.9 Å². The lowest BCUT2D eigenvalue weighted by atomic mass is 9.94. The molecule has 0 spiro atoms. The summed E-state index contributed by atoms with van der Waals surface area (Å²) in [4.78, 5) is 21.9. The Bertz CT molecular complexity index is 1100. The smallest absolute Gasteiger partial charge is 0.351 e. The van der Waals surface area contributed by atoms with E-state index in [0.717, 1.165) is 16.9 Å². The minimum Gasteiger partial charge on any atom is -0.497 e. The van der Waals surface area contributed by atoms with Gasteiger partial charge in [0.25, 0.3) is 0 Å². The Kier molecular flexibility index (Phi) is 7.33. The lowest BCUT2D eigenvalue weighted by Gasteiger charge is -2.34. The van der Waals surface area contributed by atoms with Gasteiger partial charge >= 0.3 is 5.97 Å². The molecule has 1 aliphatic heterocycles. The predicted octanol–water partition coefficient (Wildman–Crippen LogP) is 5.13. The molecule has 0 N–H and O–H groups in total. The molecule has 0 aliphatic carbocycles. The molecule has 1 saturated heterocycles. The van der Waals surface area contributed by atoms with Crippen molar-refractivity contribution in [3.05, 3.63) is 70.3 Å². The molecule has 0 bridgehead atoms. The summed E-state index contributed by atoms with van der Waals surface area (Å²) < 4.78 is 22.4. The van der Waals surface area contributed by atoms with E-state index in [0.29, 0.717) is 36.9 Å². The van der Waals surface area contributed by atoms with E-state index in [4.69, 9.17) is 42.1 Å². The quantitative estimate of drug-likeness (QED) is 0.336. The predicted molar refractivity (Wildman–Crippen MR) is 124 cm³/mol. The van der Waals surface area contributed by atoms with Gasteiger partial charge in [0.2, 0.25) is 11.5 Å². The topological polar surface area (TPSA) is 79.8 Å². The van der Waals surface area contributed by atoms with E-state index < -0.39 is 11.6 Å². The van der Waals surface area contributed by atoms with Crippen LogP contribution in [-0.2, 0) is 20.9 Å². The van der Waals surface area contributed by atoms with Crippen molar-refractivity contribution < 1.29 is 23.7 Å². The first-order chi connectivity index (χ1) is 16.0. The van der Waals surface area contributed by atoms with Crippen molar-refractivity contribution in [2.75, 3.05) is 20.3 Å². The van der Waals surface area contributed by atoms with Crippen molar-refractivity contribution in [3.63, 3.8) is 0 Å². The maximum Gasteiger partial charge on any atom is 0.351 e. The summed E-state index contributed by atoms with van der Waals surface area (Å²) in [6, 6.07) is 15.8. The highest BCUT2D eigenvalue weighted by molar-refractivity contribution is 6.30. The Balaban J connectivity index is 1.54. The van der Waals surface area contributed by atoms with E-state index in [1.165, 1.54) is 6.07 Å². The normalized spacial score (nSPS) is 15.0. The van der Waals surface area contributed by atoms with Crippen molar-refractivity contribution in [1.29, 1.82) is 0 Å². The number of carbonyl (C=O) groups excluding carboxylic acids is 1. The summed E-state index contributed by atoms with van der Waals surface area (Å²) in [5, 5.41) is 0.789. The fourth-order valence-corrected chi connectivity index (χ4v) is 3.73. The Morgan fingerprint density at radius 1 is 1.03 bits per heavy atom. The summed E-state index contributed by atoms with van der Waals surface area (Å²) in [5.41, 5.74) is 0.316. The third-order valence-electron chi connectivity index (χ3n) is 5.28. The van der Waals surface area contributed by atoms with E-state index in [9.17, 15) is 4.79 Å². The van der Waals surface area contributed by atoms with Crippen LogP contribution in [0.15, 0.2) is 54.6 Å². The van der Waals surface area contributed by atoms with E-state index >= 15 is 0 Å². The van der Waals surface area contributed by atoms with Crippen molar-refractivity contribution >= 4 is 29.2 Å². The summed E-state index contributed by atoms with van der Waals surface area (Å²) in [5.74, 6) is 0.794. The van der Waals surface area contributed by atoms with Crippen LogP contribution in [0.5, 0.6) is 11.6 Å². The number of aromatic nitrogens is 2. The maximum absolute atomic E-state index is 13.2. The molecular formula is C24H22Cl2N2O5. The molecule has 9 heteroatoms. The van der Waals surface area contributed by atoms with E-state index in [2.05, 4.69) is 9.97 Å². The average molecular weight is 489 g/mol. The number of hydrogen-bond acceptors (Lipinski definition) is 7. The van der Waals surface area contributed by atoms with E-state index in [1.54, 1.807) is 31.4 Å². The minimum absolute atomic E-state index is 0.106. The molecule has 2 aromatic carbocycles. The Hall–Kier alpha value is -2.87. The molecule has 2 heterocycles. The molecule has 7 nitrogen and oxygen atoms in total. The number of esters is 1. The van der Waals surface area contributed by atoms with Gasteiger partial charge in [-0.05, 0) is 42.0 Å². The second kappa shape index (κ2) is 10.4. The Labute approximate surface area is 201 Å². The zero-order valence-electron chi connectivity index (χ0n) is 17.9. The summed E-state index contributed by atoms with van der Waals surface area (Å²) >= 11 is 12.2. The highest BCUT2D eigenvalue weighted by atomic mass is 35.5. The van der Waals surface area contributed by atoms with E-state index in [1.807, 2.05) is 24.3 Å². The molecule has 1 fully saturated rings. The second-order valence-electron chi connectivity index (χ2n) is 7.49. The molecule has 3 aromatic rings. The van der Waals surface area contributed by atoms with Crippen LogP contribution >= 0.6 is 23.2 Å². The highest BCUT2D eigenvalue weighted by Gasteiger charge is 2.45. The largest absolute Gasteiger partial charge is 0.497 e. The first-order valence-electron chi connectivity index (χ1n) is 10.3. The van der Waals surface area contributed by atoms with Crippen LogP contribution in [0.4, 0.5) is 0 Å². The van der Waals surface area contributed by atoms with Crippen molar-refractivity contribution in [1.82, 2.24) is 9.97 Å². The van der Waals surface area contributed by atoms with Gasteiger partial charge in [-0.2, -0.15) is 4.98 Å². The zero-order chi connectivity index (χ0) is 23.3. The van der Waals surface area contributed by atoms with Gasteiger partial charge in [0.1, 0.15) is 17.5 Å². The van der Waals surface area contributed by atoms with Gasteiger partial charge in [0.05, 0.1) is 20.3 Å². The molecule has 0 amide bonds. The molecule has 0 saturated carbocycles. The monoisotopic (exact) mass is 488 g/mol. The van der Waals surface area contributed by atoms with Gasteiger partial charge in [0, 0.05) is 29.5 Å². The standard InChI is InChI=1S/C24H22Cl2N2O5/c1-30-19-8-2-16(3-9-19)15-32-23(29)24(10-12-31-13-11-24)33-21-14-20(26)27-22(28-21)17-4-6-18(25)7-5-17/h2-9,14H,10-13,15H2,1H3. The summed E-state index contributed by atoms with van der Waals surface area (Å²) in [6.07, 6.45) is 0.651. The summed E-state index contributed by atoms with van der Waals surface area (Å²) in [6.45, 7) is 0.830. The number of ether oxygens (including phenoxy) is 4. The van der Waals surface area contributed by atoms with Gasteiger partial charge in [-0.1, -0.05) is 35.3 Å². The minimum atomic E-state index is -1.24. The van der Waals surface area contributed by atoms with Crippen molar-refractivity contribution in [3.8, 4) is 23.0 Å². The number of benzene rings is 2. The van der Waals surface area contributed by atoms with Crippen molar-refractivity contribution in [2.24, 2.45) is 0 Å². The Morgan fingerprint density at radius 3 is 2.39 bits per heavy atom. The van der Waals surface area contributed by atoms with Gasteiger partial charge in [-0.15, -0.1) is 0 Å². The van der Waals surface area contributed by atoms with E-state index in [-0.39, 0.29) is 17.6 Å². The maximum atomic E-state index is 13.2. The second-order valence-corrected chi connectivity index (χ2v) is 8.32. The number of halogens is 2. The molecule has 1 aromatic heterocycles. The molecule has 172 valence electrons. The Morgan fingerprint density at radius 2 is 1.73 bits per heavy atom. The first kappa shape index (κ1) is 23.3. The molecule has 0 unspecified atom stereocenters. The third-order valence-corrected chi connectivity index (χ3v) is 5.72. The SMILES string of the molecule is COc1ccc(COC(=O)C2(Oc3cc(Cl)nc(-c4ccc(Cl)cc4)n3)CCOCC2)cc1. The fraction of sp³-hybridized carbons (Fsp3) is 0.292. The van der Waals surface area contributed by atoms with Crippen LogP contribution in [0.2, 0.25) is 10.2 Å². The van der Waals surface area contributed by atoms with Crippen LogP contribution < -0.4 is 9.47 Å². The lowest BCUT2D eigenvalue weighted by Crippen LogP contribution is -2.50. The number of nitrogens with zero attached hydrogens (tertiary/aromatic N) is 2.